The van der Waals surface area contributed by atoms with Crippen LogP contribution < -0.4 is 10.1 Å². The lowest BCUT2D eigenvalue weighted by molar-refractivity contribution is -0.115. The highest BCUT2D eigenvalue weighted by Crippen LogP contribution is 2.21. The second kappa shape index (κ2) is 15.6. The van der Waals surface area contributed by atoms with E-state index in [2.05, 4.69) is 33.4 Å². The summed E-state index contributed by atoms with van der Waals surface area (Å²) in [5, 5.41) is 14.2. The van der Waals surface area contributed by atoms with E-state index >= 15 is 0 Å². The average Bonchev–Trinajstić information content (AvgIpc) is 3.04. The Hall–Kier alpha value is -4.78. The Morgan fingerprint density at radius 2 is 1.45 bits per heavy atom. The molecule has 5 rings (SSSR count). The van der Waals surface area contributed by atoms with Crippen molar-refractivity contribution in [2.75, 3.05) is 18.4 Å². The predicted octanol–water partition coefficient (Wildman–Crippen LogP) is 6.93. The third kappa shape index (κ3) is 9.63. The van der Waals surface area contributed by atoms with Crippen molar-refractivity contribution in [1.29, 1.82) is 0 Å². The smallest absolute Gasteiger partial charge is 0.230 e. The van der Waals surface area contributed by atoms with Crippen molar-refractivity contribution < 1.29 is 14.6 Å². The average molecular weight is 586 g/mol. The van der Waals surface area contributed by atoms with Gasteiger partial charge in [-0.2, -0.15) is 0 Å². The number of anilines is 1. The maximum atomic E-state index is 12.7. The van der Waals surface area contributed by atoms with E-state index in [9.17, 15) is 9.90 Å². The van der Waals surface area contributed by atoms with Gasteiger partial charge >= 0.3 is 0 Å². The molecule has 44 heavy (non-hydrogen) atoms. The number of para-hydroxylation sites is 1. The van der Waals surface area contributed by atoms with Gasteiger partial charge in [-0.25, -0.2) is 0 Å². The molecule has 5 aromatic rings. The van der Waals surface area contributed by atoms with E-state index in [0.29, 0.717) is 19.7 Å². The Kier molecular flexibility index (Phi) is 10.9. The summed E-state index contributed by atoms with van der Waals surface area (Å²) in [6, 6.07) is 41.6. The number of nitrogens with one attached hydrogen (secondary N) is 1. The number of nitrogens with zero attached hydrogens (tertiary/aromatic N) is 2. The summed E-state index contributed by atoms with van der Waals surface area (Å²) in [6.07, 6.45) is 0.321. The van der Waals surface area contributed by atoms with Gasteiger partial charge in [0, 0.05) is 31.0 Å². The first kappa shape index (κ1) is 30.7. The molecule has 0 spiro atoms. The molecule has 0 aliphatic heterocycles. The van der Waals surface area contributed by atoms with Crippen LogP contribution in [-0.2, 0) is 30.8 Å². The Labute approximate surface area is 260 Å². The number of aryl methyl sites for hydroxylation is 1. The van der Waals surface area contributed by atoms with Gasteiger partial charge in [0.2, 0.25) is 5.91 Å². The Balaban J connectivity index is 1.21. The fourth-order valence-corrected chi connectivity index (χ4v) is 5.18. The lowest BCUT2D eigenvalue weighted by atomic mass is 10.1. The molecule has 6 heteroatoms. The van der Waals surface area contributed by atoms with Crippen molar-refractivity contribution >= 4 is 11.6 Å². The maximum Gasteiger partial charge on any atom is 0.230 e. The summed E-state index contributed by atoms with van der Waals surface area (Å²) in [4.78, 5) is 19.5. The van der Waals surface area contributed by atoms with E-state index in [0.717, 1.165) is 52.5 Å². The third-order valence-corrected chi connectivity index (χ3v) is 7.38. The van der Waals surface area contributed by atoms with Gasteiger partial charge in [-0.1, -0.05) is 91.0 Å². The number of hydrogen-bond donors (Lipinski definition) is 2. The number of aromatic nitrogens is 1. The van der Waals surface area contributed by atoms with E-state index < -0.39 is 6.10 Å². The van der Waals surface area contributed by atoms with Crippen LogP contribution in [0.15, 0.2) is 127 Å². The van der Waals surface area contributed by atoms with Crippen LogP contribution in [0.2, 0.25) is 0 Å². The van der Waals surface area contributed by atoms with Crippen molar-refractivity contribution in [3.63, 3.8) is 0 Å². The fourth-order valence-electron chi connectivity index (χ4n) is 5.18. The molecule has 2 N–H and O–H groups in total. The molecule has 6 nitrogen and oxygen atoms in total. The summed E-state index contributed by atoms with van der Waals surface area (Å²) >= 11 is 0. The predicted molar refractivity (Wildman–Crippen MR) is 175 cm³/mol. The van der Waals surface area contributed by atoms with Crippen LogP contribution in [0.5, 0.6) is 5.75 Å². The van der Waals surface area contributed by atoms with Crippen LogP contribution in [0, 0.1) is 6.92 Å². The standard InChI is InChI=1S/C38H39N3O3/c1-29-23-32(24-35(39-29)25-38(43)40-34-15-9-4-10-16-34)21-22-41(26-30-11-5-2-6-12-30)27-37(42)33-17-19-36(20-18-33)44-28-31-13-7-3-8-14-31/h2-20,23-24,37,42H,21-22,25-28H2,1H3,(H,40,43). The van der Waals surface area contributed by atoms with Crippen molar-refractivity contribution in [1.82, 2.24) is 9.88 Å². The highest BCUT2D eigenvalue weighted by atomic mass is 16.5. The first-order valence-corrected chi connectivity index (χ1v) is 15.0. The summed E-state index contributed by atoms with van der Waals surface area (Å²) in [5.74, 6) is 0.679. The van der Waals surface area contributed by atoms with Gasteiger partial charge < -0.3 is 15.2 Å². The molecule has 0 fully saturated rings. The molecule has 0 aliphatic carbocycles. The number of ether oxygens (including phenoxy) is 1. The van der Waals surface area contributed by atoms with Crippen molar-refractivity contribution in [2.24, 2.45) is 0 Å². The number of amides is 1. The zero-order chi connectivity index (χ0) is 30.6. The monoisotopic (exact) mass is 585 g/mol. The van der Waals surface area contributed by atoms with Gasteiger partial charge in [0.25, 0.3) is 0 Å². The number of hydrogen-bond acceptors (Lipinski definition) is 5. The van der Waals surface area contributed by atoms with E-state index in [1.807, 2.05) is 116 Å². The second-order valence-corrected chi connectivity index (χ2v) is 11.0. The lowest BCUT2D eigenvalue weighted by Crippen LogP contribution is -2.30. The maximum absolute atomic E-state index is 12.7. The van der Waals surface area contributed by atoms with E-state index in [-0.39, 0.29) is 12.3 Å². The first-order valence-electron chi connectivity index (χ1n) is 15.0. The minimum absolute atomic E-state index is 0.0921. The van der Waals surface area contributed by atoms with Gasteiger partial charge in [0.1, 0.15) is 12.4 Å². The molecule has 0 aliphatic rings. The zero-order valence-electron chi connectivity index (χ0n) is 25.1. The topological polar surface area (TPSA) is 74.7 Å². The highest BCUT2D eigenvalue weighted by Gasteiger charge is 2.16. The third-order valence-electron chi connectivity index (χ3n) is 7.38. The second-order valence-electron chi connectivity index (χ2n) is 11.0. The summed E-state index contributed by atoms with van der Waals surface area (Å²) in [7, 11) is 0. The molecule has 1 atom stereocenters. The molecule has 0 saturated carbocycles. The van der Waals surface area contributed by atoms with Crippen molar-refractivity contribution in [3.8, 4) is 5.75 Å². The summed E-state index contributed by atoms with van der Waals surface area (Å²) < 4.78 is 5.93. The Bertz CT molecular complexity index is 1590. The van der Waals surface area contributed by atoms with Crippen LogP contribution in [0.4, 0.5) is 5.69 Å². The molecule has 1 amide bonds. The van der Waals surface area contributed by atoms with E-state index in [1.54, 1.807) is 0 Å². The molecule has 1 aromatic heterocycles. The minimum Gasteiger partial charge on any atom is -0.489 e. The fraction of sp³-hybridized carbons (Fsp3) is 0.211. The molecule has 4 aromatic carbocycles. The molecule has 1 heterocycles. The van der Waals surface area contributed by atoms with Crippen molar-refractivity contribution in [2.45, 2.75) is 39.0 Å². The molecule has 224 valence electrons. The van der Waals surface area contributed by atoms with Gasteiger partial charge in [0.15, 0.2) is 0 Å². The zero-order valence-corrected chi connectivity index (χ0v) is 25.1. The summed E-state index contributed by atoms with van der Waals surface area (Å²) in [6.45, 7) is 4.40. The lowest BCUT2D eigenvalue weighted by Gasteiger charge is -2.26. The first-order chi connectivity index (χ1) is 21.5. The Morgan fingerprint density at radius 1 is 0.818 bits per heavy atom. The van der Waals surface area contributed by atoms with E-state index in [1.165, 1.54) is 5.56 Å². The number of pyridine rings is 1. The quantitative estimate of drug-likeness (QED) is 0.148. The number of benzene rings is 4. The molecule has 0 radical (unpaired) electrons. The normalized spacial score (nSPS) is 11.7. The largest absolute Gasteiger partial charge is 0.489 e. The van der Waals surface area contributed by atoms with Gasteiger partial charge in [0.05, 0.1) is 18.2 Å². The SMILES string of the molecule is Cc1cc(CCN(Cc2ccccc2)CC(O)c2ccc(OCc3ccccc3)cc2)cc(CC(=O)Nc2ccccc2)n1. The molecule has 0 bridgehead atoms. The number of carbonyl (C=O) groups excluding carboxylic acids is 1. The molecular weight excluding hydrogens is 546 g/mol. The minimum atomic E-state index is -0.654. The Morgan fingerprint density at radius 3 is 2.14 bits per heavy atom. The number of carbonyl (C=O) groups is 1. The van der Waals surface area contributed by atoms with Gasteiger partial charge in [-0.3, -0.25) is 14.7 Å². The molecule has 0 saturated heterocycles. The van der Waals surface area contributed by atoms with Crippen LogP contribution in [0.25, 0.3) is 0 Å². The molecular formula is C38H39N3O3. The van der Waals surface area contributed by atoms with Crippen LogP contribution in [0.3, 0.4) is 0 Å². The van der Waals surface area contributed by atoms with Crippen LogP contribution in [0.1, 0.15) is 39.7 Å². The van der Waals surface area contributed by atoms with Crippen LogP contribution in [-0.4, -0.2) is 34.0 Å². The number of rotatable bonds is 14. The highest BCUT2D eigenvalue weighted by molar-refractivity contribution is 5.92. The van der Waals surface area contributed by atoms with Crippen LogP contribution >= 0.6 is 0 Å². The van der Waals surface area contributed by atoms with Gasteiger partial charge in [-0.15, -0.1) is 0 Å². The molecule has 1 unspecified atom stereocenters. The number of aliphatic hydroxyl groups excluding tert-OH is 1. The number of aliphatic hydroxyl groups is 1. The van der Waals surface area contributed by atoms with Crippen molar-refractivity contribution in [3.05, 3.63) is 161 Å². The summed E-state index contributed by atoms with van der Waals surface area (Å²) in [5.41, 5.74) is 6.67. The van der Waals surface area contributed by atoms with Gasteiger partial charge in [-0.05, 0) is 72.0 Å². The van der Waals surface area contributed by atoms with E-state index in [4.69, 9.17) is 4.74 Å².